The smallest absolute Gasteiger partial charge is 0.261 e. The highest BCUT2D eigenvalue weighted by Crippen LogP contribution is 2.26. The first-order valence-electron chi connectivity index (χ1n) is 8.52. The van der Waals surface area contributed by atoms with E-state index in [-0.39, 0.29) is 17.8 Å². The fourth-order valence-corrected chi connectivity index (χ4v) is 3.41. The highest BCUT2D eigenvalue weighted by molar-refractivity contribution is 5.94. The molecule has 0 saturated carbocycles. The molecule has 7 nitrogen and oxygen atoms in total. The molecular weight excluding hydrogens is 324 g/mol. The molecular formula is C18H20N2O5. The van der Waals surface area contributed by atoms with Crippen LogP contribution in [0.25, 0.3) is 11.5 Å². The number of carbonyl (C=O) groups excluding carboxylic acids is 1. The van der Waals surface area contributed by atoms with Gasteiger partial charge < -0.3 is 23.8 Å². The SMILES string of the molecule is O=C(c1ccc(-c2ccco2)[nH]c1=O)N1CCC(C2OCCO2)CC1. The molecule has 25 heavy (non-hydrogen) atoms. The van der Waals surface area contributed by atoms with Gasteiger partial charge >= 0.3 is 0 Å². The summed E-state index contributed by atoms with van der Waals surface area (Å²) < 4.78 is 16.4. The normalized spacial score (nSPS) is 19.4. The number of aromatic amines is 1. The van der Waals surface area contributed by atoms with Gasteiger partial charge in [0.15, 0.2) is 6.29 Å². The summed E-state index contributed by atoms with van der Waals surface area (Å²) in [5.74, 6) is 0.638. The van der Waals surface area contributed by atoms with Crippen LogP contribution in [0.2, 0.25) is 0 Å². The van der Waals surface area contributed by atoms with Crippen molar-refractivity contribution in [3.8, 4) is 11.5 Å². The number of H-pyrrole nitrogens is 1. The van der Waals surface area contributed by atoms with Gasteiger partial charge in [0.25, 0.3) is 11.5 Å². The summed E-state index contributed by atoms with van der Waals surface area (Å²) in [5.41, 5.74) is 0.311. The van der Waals surface area contributed by atoms with E-state index in [1.807, 2.05) is 0 Å². The van der Waals surface area contributed by atoms with Gasteiger partial charge in [0.05, 0.1) is 25.2 Å². The number of likely N-dealkylation sites (tertiary alicyclic amines) is 1. The molecule has 0 radical (unpaired) electrons. The minimum absolute atomic E-state index is 0.145. The van der Waals surface area contributed by atoms with Crippen molar-refractivity contribution in [1.29, 1.82) is 0 Å². The van der Waals surface area contributed by atoms with Gasteiger partial charge in [0.2, 0.25) is 0 Å². The third-order valence-corrected chi connectivity index (χ3v) is 4.79. The molecule has 4 rings (SSSR count). The van der Waals surface area contributed by atoms with Crippen LogP contribution in [0, 0.1) is 5.92 Å². The van der Waals surface area contributed by atoms with Crippen LogP contribution in [0.1, 0.15) is 23.2 Å². The second-order valence-corrected chi connectivity index (χ2v) is 6.33. The Kier molecular flexibility index (Phi) is 4.42. The average Bonchev–Trinajstić information content (AvgIpc) is 3.35. The maximum atomic E-state index is 12.7. The molecule has 2 fully saturated rings. The molecule has 0 unspecified atom stereocenters. The predicted octanol–water partition coefficient (Wildman–Crippen LogP) is 1.86. The Morgan fingerprint density at radius 2 is 1.88 bits per heavy atom. The van der Waals surface area contributed by atoms with E-state index in [0.29, 0.717) is 43.7 Å². The van der Waals surface area contributed by atoms with Gasteiger partial charge in [-0.25, -0.2) is 0 Å². The Bertz CT molecular complexity index is 784. The lowest BCUT2D eigenvalue weighted by molar-refractivity contribution is -0.0956. The lowest BCUT2D eigenvalue weighted by atomic mass is 9.95. The lowest BCUT2D eigenvalue weighted by Gasteiger charge is -2.33. The van der Waals surface area contributed by atoms with E-state index in [2.05, 4.69) is 4.98 Å². The van der Waals surface area contributed by atoms with E-state index < -0.39 is 5.56 Å². The zero-order valence-electron chi connectivity index (χ0n) is 13.8. The number of hydrogen-bond donors (Lipinski definition) is 1. The largest absolute Gasteiger partial charge is 0.463 e. The fraction of sp³-hybridized carbons (Fsp3) is 0.444. The van der Waals surface area contributed by atoms with Crippen molar-refractivity contribution in [2.75, 3.05) is 26.3 Å². The number of nitrogens with one attached hydrogen (secondary N) is 1. The van der Waals surface area contributed by atoms with Gasteiger partial charge in [-0.1, -0.05) is 0 Å². The number of ether oxygens (including phenoxy) is 2. The molecule has 1 amide bonds. The van der Waals surface area contributed by atoms with Crippen molar-refractivity contribution < 1.29 is 18.7 Å². The first-order valence-corrected chi connectivity index (χ1v) is 8.52. The molecule has 0 atom stereocenters. The number of amides is 1. The molecule has 0 bridgehead atoms. The Labute approximate surface area is 144 Å². The highest BCUT2D eigenvalue weighted by Gasteiger charge is 2.32. The molecule has 0 aromatic carbocycles. The number of aromatic nitrogens is 1. The second kappa shape index (κ2) is 6.85. The molecule has 2 aromatic rings. The highest BCUT2D eigenvalue weighted by atomic mass is 16.7. The van der Waals surface area contributed by atoms with Crippen LogP contribution >= 0.6 is 0 Å². The van der Waals surface area contributed by atoms with Gasteiger partial charge in [0.1, 0.15) is 11.3 Å². The molecule has 2 aliphatic heterocycles. The van der Waals surface area contributed by atoms with Gasteiger partial charge in [-0.3, -0.25) is 9.59 Å². The molecule has 4 heterocycles. The van der Waals surface area contributed by atoms with Crippen molar-refractivity contribution in [2.24, 2.45) is 5.92 Å². The molecule has 2 aliphatic rings. The minimum atomic E-state index is -0.400. The third kappa shape index (κ3) is 3.25. The van der Waals surface area contributed by atoms with Crippen molar-refractivity contribution in [1.82, 2.24) is 9.88 Å². The summed E-state index contributed by atoms with van der Waals surface area (Å²) in [7, 11) is 0. The van der Waals surface area contributed by atoms with Crippen molar-refractivity contribution >= 4 is 5.91 Å². The summed E-state index contributed by atoms with van der Waals surface area (Å²) in [6.07, 6.45) is 3.03. The summed E-state index contributed by atoms with van der Waals surface area (Å²) >= 11 is 0. The standard InChI is InChI=1S/C18H20N2O5/c21-16-13(3-4-14(19-16)15-2-1-9-23-15)17(22)20-7-5-12(6-8-20)18-24-10-11-25-18/h1-4,9,12,18H,5-8,10-11H2,(H,19,21). The predicted molar refractivity (Wildman–Crippen MR) is 89.1 cm³/mol. The van der Waals surface area contributed by atoms with Crippen molar-refractivity contribution in [3.63, 3.8) is 0 Å². The molecule has 1 N–H and O–H groups in total. The van der Waals surface area contributed by atoms with Gasteiger partial charge in [-0.15, -0.1) is 0 Å². The van der Waals surface area contributed by atoms with E-state index >= 15 is 0 Å². The van der Waals surface area contributed by atoms with Crippen LogP contribution < -0.4 is 5.56 Å². The van der Waals surface area contributed by atoms with E-state index in [1.165, 1.54) is 6.26 Å². The Morgan fingerprint density at radius 1 is 1.12 bits per heavy atom. The monoisotopic (exact) mass is 344 g/mol. The van der Waals surface area contributed by atoms with E-state index in [0.717, 1.165) is 12.8 Å². The Hall–Kier alpha value is -2.38. The summed E-state index contributed by atoms with van der Waals surface area (Å²) in [6.45, 7) is 2.49. The maximum absolute atomic E-state index is 12.7. The van der Waals surface area contributed by atoms with Crippen molar-refractivity contribution in [3.05, 3.63) is 46.4 Å². The first-order chi connectivity index (χ1) is 12.2. The number of nitrogens with zero attached hydrogens (tertiary/aromatic N) is 1. The van der Waals surface area contributed by atoms with E-state index in [9.17, 15) is 9.59 Å². The lowest BCUT2D eigenvalue weighted by Crippen LogP contribution is -2.43. The maximum Gasteiger partial charge on any atom is 0.261 e. The van der Waals surface area contributed by atoms with Crippen LogP contribution in [0.3, 0.4) is 0 Å². The molecule has 7 heteroatoms. The summed E-state index contributed by atoms with van der Waals surface area (Å²) in [5, 5.41) is 0. The van der Waals surface area contributed by atoms with Crippen LogP contribution in [0.15, 0.2) is 39.7 Å². The minimum Gasteiger partial charge on any atom is -0.463 e. The van der Waals surface area contributed by atoms with Gasteiger partial charge in [-0.2, -0.15) is 0 Å². The van der Waals surface area contributed by atoms with Crippen LogP contribution in [-0.2, 0) is 9.47 Å². The van der Waals surface area contributed by atoms with Crippen molar-refractivity contribution in [2.45, 2.75) is 19.1 Å². The zero-order chi connectivity index (χ0) is 17.2. The topological polar surface area (TPSA) is 84.8 Å². The fourth-order valence-electron chi connectivity index (χ4n) is 3.41. The molecule has 0 aliphatic carbocycles. The summed E-state index contributed by atoms with van der Waals surface area (Å²) in [4.78, 5) is 29.4. The quantitative estimate of drug-likeness (QED) is 0.919. The molecule has 0 spiro atoms. The van der Waals surface area contributed by atoms with E-state index in [1.54, 1.807) is 29.2 Å². The number of pyridine rings is 1. The second-order valence-electron chi connectivity index (χ2n) is 6.33. The molecule has 2 aromatic heterocycles. The Balaban J connectivity index is 1.44. The Morgan fingerprint density at radius 3 is 2.52 bits per heavy atom. The van der Waals surface area contributed by atoms with E-state index in [4.69, 9.17) is 13.9 Å². The number of carbonyl (C=O) groups is 1. The van der Waals surface area contributed by atoms with Crippen LogP contribution in [-0.4, -0.2) is 48.4 Å². The summed E-state index contributed by atoms with van der Waals surface area (Å²) in [6, 6.07) is 6.76. The number of furan rings is 1. The van der Waals surface area contributed by atoms with Gasteiger partial charge in [-0.05, 0) is 37.1 Å². The first kappa shape index (κ1) is 16.1. The van der Waals surface area contributed by atoms with Crippen LogP contribution in [0.5, 0.6) is 0 Å². The third-order valence-electron chi connectivity index (χ3n) is 4.79. The molecule has 2 saturated heterocycles. The average molecular weight is 344 g/mol. The number of piperidine rings is 1. The number of hydrogen-bond acceptors (Lipinski definition) is 5. The zero-order valence-corrected chi connectivity index (χ0v) is 13.8. The number of rotatable bonds is 3. The van der Waals surface area contributed by atoms with Crippen LogP contribution in [0.4, 0.5) is 0 Å². The van der Waals surface area contributed by atoms with Gasteiger partial charge in [0, 0.05) is 19.0 Å². The molecule has 132 valence electrons.